The Morgan fingerprint density at radius 2 is 0.592 bits per heavy atom. The fraction of sp³-hybridized carbons (Fsp3) is 0. The Bertz CT molecular complexity index is 4620. The molecule has 15 aromatic rings. The fourth-order valence-corrected chi connectivity index (χ4v) is 12.6. The summed E-state index contributed by atoms with van der Waals surface area (Å²) in [6, 6.07) is 103. The highest BCUT2D eigenvalue weighted by Gasteiger charge is 2.21. The average molecular weight is 965 g/mol. The predicted octanol–water partition coefficient (Wildman–Crippen LogP) is 20.1. The molecule has 0 amide bonds. The van der Waals surface area contributed by atoms with Gasteiger partial charge in [0.05, 0.1) is 16.7 Å². The van der Waals surface area contributed by atoms with Crippen LogP contribution in [0.4, 0.5) is 5.69 Å². The summed E-state index contributed by atoms with van der Waals surface area (Å²) in [6.07, 6.45) is 0. The van der Waals surface area contributed by atoms with Crippen LogP contribution in [0, 0.1) is 0 Å². The third-order valence-electron chi connectivity index (χ3n) is 16.0. The molecule has 354 valence electrons. The minimum Gasteiger partial charge on any atom is -0.398 e. The number of hydrogen-bond donors (Lipinski definition) is 1. The second kappa shape index (κ2) is 17.6. The molecule has 0 atom stereocenters. The van der Waals surface area contributed by atoms with E-state index in [9.17, 15) is 0 Å². The van der Waals surface area contributed by atoms with Crippen LogP contribution >= 0.6 is 0 Å². The van der Waals surface area contributed by atoms with Crippen LogP contribution < -0.4 is 5.73 Å². The van der Waals surface area contributed by atoms with Crippen LogP contribution in [0.25, 0.3) is 148 Å². The first kappa shape index (κ1) is 43.6. The van der Waals surface area contributed by atoms with E-state index in [1.807, 2.05) is 0 Å². The highest BCUT2D eigenvalue weighted by molar-refractivity contribution is 6.19. The number of anilines is 1. The molecule has 0 unspecified atom stereocenters. The molecule has 0 spiro atoms. The topological polar surface area (TPSA) is 30.9 Å². The first-order chi connectivity index (χ1) is 37.6. The Morgan fingerprint density at radius 1 is 0.224 bits per heavy atom. The van der Waals surface area contributed by atoms with Crippen molar-refractivity contribution in [2.45, 2.75) is 0 Å². The molecule has 14 aromatic carbocycles. The molecule has 0 aliphatic rings. The SMILES string of the molecule is Nc1ccc(-c2cccc3cccc(-c4ccc(-n5c6ccc(-c7cccc8cccc(-c9ccccc9)c78)cc6c6cc(-c7cccc8cccc(-c9ccccc9)c78)ccc65)c5ccccc45)c23)c2ccccc12. The van der Waals surface area contributed by atoms with Gasteiger partial charge in [0.15, 0.2) is 0 Å². The molecule has 2 N–H and O–H groups in total. The Hall–Kier alpha value is -10.0. The fourth-order valence-electron chi connectivity index (χ4n) is 12.6. The smallest absolute Gasteiger partial charge is 0.0541 e. The number of aromatic nitrogens is 1. The van der Waals surface area contributed by atoms with Gasteiger partial charge in [0, 0.05) is 27.2 Å². The van der Waals surface area contributed by atoms with Gasteiger partial charge in [-0.1, -0.05) is 243 Å². The number of nitrogens with zero attached hydrogens (tertiary/aromatic N) is 1. The molecule has 0 radical (unpaired) electrons. The summed E-state index contributed by atoms with van der Waals surface area (Å²) in [6.45, 7) is 0. The maximum absolute atomic E-state index is 6.58. The molecule has 2 nitrogen and oxygen atoms in total. The van der Waals surface area contributed by atoms with Crippen molar-refractivity contribution in [2.75, 3.05) is 5.73 Å². The van der Waals surface area contributed by atoms with Crippen molar-refractivity contribution in [1.82, 2.24) is 4.57 Å². The monoisotopic (exact) mass is 964 g/mol. The minimum absolute atomic E-state index is 0.787. The lowest BCUT2D eigenvalue weighted by molar-refractivity contribution is 1.20. The number of hydrogen-bond acceptors (Lipinski definition) is 1. The molecular weight excluding hydrogens is 917 g/mol. The summed E-state index contributed by atoms with van der Waals surface area (Å²) in [5.41, 5.74) is 25.3. The maximum Gasteiger partial charge on any atom is 0.0541 e. The number of rotatable bonds is 7. The molecule has 76 heavy (non-hydrogen) atoms. The van der Waals surface area contributed by atoms with Crippen molar-refractivity contribution in [3.05, 3.63) is 279 Å². The zero-order chi connectivity index (χ0) is 50.3. The van der Waals surface area contributed by atoms with Crippen LogP contribution in [0.15, 0.2) is 279 Å². The quantitative estimate of drug-likeness (QED) is 0.159. The third-order valence-corrected chi connectivity index (χ3v) is 16.0. The zero-order valence-electron chi connectivity index (χ0n) is 41.6. The number of nitrogen functional groups attached to an aromatic ring is 1. The Balaban J connectivity index is 0.980. The van der Waals surface area contributed by atoms with E-state index in [2.05, 4.69) is 284 Å². The highest BCUT2D eigenvalue weighted by Crippen LogP contribution is 2.46. The van der Waals surface area contributed by atoms with Crippen molar-refractivity contribution in [1.29, 1.82) is 0 Å². The van der Waals surface area contributed by atoms with E-state index in [4.69, 9.17) is 5.73 Å². The van der Waals surface area contributed by atoms with Gasteiger partial charge >= 0.3 is 0 Å². The van der Waals surface area contributed by atoms with Crippen molar-refractivity contribution < 1.29 is 0 Å². The molecule has 0 fully saturated rings. The van der Waals surface area contributed by atoms with Gasteiger partial charge in [0.1, 0.15) is 0 Å². The summed E-state index contributed by atoms with van der Waals surface area (Å²) in [4.78, 5) is 0. The first-order valence-electron chi connectivity index (χ1n) is 26.2. The molecule has 0 aliphatic heterocycles. The van der Waals surface area contributed by atoms with E-state index < -0.39 is 0 Å². The molecule has 2 heteroatoms. The Kier molecular flexibility index (Phi) is 10.1. The van der Waals surface area contributed by atoms with Crippen molar-refractivity contribution in [3.8, 4) is 72.4 Å². The molecule has 0 saturated heterocycles. The molecule has 0 aliphatic carbocycles. The maximum atomic E-state index is 6.58. The summed E-state index contributed by atoms with van der Waals surface area (Å²) in [7, 11) is 0. The van der Waals surface area contributed by atoms with E-state index in [0.29, 0.717) is 0 Å². The van der Waals surface area contributed by atoms with Crippen LogP contribution in [0.1, 0.15) is 0 Å². The Labute approximate surface area is 440 Å². The Morgan fingerprint density at radius 3 is 1.07 bits per heavy atom. The predicted molar refractivity (Wildman–Crippen MR) is 325 cm³/mol. The van der Waals surface area contributed by atoms with Gasteiger partial charge < -0.3 is 10.3 Å². The molecule has 15 rings (SSSR count). The number of nitrogens with two attached hydrogens (primary N) is 1. The molecule has 1 heterocycles. The standard InChI is InChI=1S/C74H48N2/c75-68-41-39-60(58-27-7-9-29-62(58)68)64-35-15-25-51-26-16-36-65(74(51)64)61-40-44-69(63-30-10-8-28-59(61)63)76-70-42-37-52(56-33-13-23-49-21-11-31-54(72(49)56)47-17-3-1-4-18-47)45-66(70)67-46-53(38-43-71(67)76)57-34-14-24-50-22-12-32-55(73(50)57)48-19-5-2-6-20-48/h1-46H,75H2. The van der Waals surface area contributed by atoms with Gasteiger partial charge in [-0.3, -0.25) is 0 Å². The largest absolute Gasteiger partial charge is 0.398 e. The lowest BCUT2D eigenvalue weighted by Gasteiger charge is -2.18. The van der Waals surface area contributed by atoms with Crippen molar-refractivity contribution >= 4 is 81.4 Å². The van der Waals surface area contributed by atoms with Gasteiger partial charge in [-0.15, -0.1) is 0 Å². The number of benzene rings is 14. The van der Waals surface area contributed by atoms with E-state index in [1.165, 1.54) is 121 Å². The molecule has 1 aromatic heterocycles. The summed E-state index contributed by atoms with van der Waals surface area (Å²) in [5, 5.41) is 14.4. The van der Waals surface area contributed by atoms with Crippen LogP contribution in [0.3, 0.4) is 0 Å². The molecule has 0 saturated carbocycles. The van der Waals surface area contributed by atoms with Crippen LogP contribution in [0.2, 0.25) is 0 Å². The van der Waals surface area contributed by atoms with E-state index in [1.54, 1.807) is 0 Å². The minimum atomic E-state index is 0.787. The lowest BCUT2D eigenvalue weighted by atomic mass is 9.87. The summed E-state index contributed by atoms with van der Waals surface area (Å²) in [5.74, 6) is 0. The van der Waals surface area contributed by atoms with Gasteiger partial charge in [-0.2, -0.15) is 0 Å². The normalized spacial score (nSPS) is 11.7. The van der Waals surface area contributed by atoms with E-state index in [0.717, 1.165) is 33.2 Å². The second-order valence-electron chi connectivity index (χ2n) is 20.1. The van der Waals surface area contributed by atoms with Gasteiger partial charge in [-0.25, -0.2) is 0 Å². The van der Waals surface area contributed by atoms with E-state index in [-0.39, 0.29) is 0 Å². The van der Waals surface area contributed by atoms with Crippen LogP contribution in [-0.2, 0) is 0 Å². The molecular formula is C74H48N2. The van der Waals surface area contributed by atoms with Crippen LogP contribution in [0.5, 0.6) is 0 Å². The van der Waals surface area contributed by atoms with Crippen molar-refractivity contribution in [2.24, 2.45) is 0 Å². The highest BCUT2D eigenvalue weighted by atomic mass is 15.0. The first-order valence-corrected chi connectivity index (χ1v) is 26.2. The van der Waals surface area contributed by atoms with Gasteiger partial charge in [-0.05, 0) is 146 Å². The third kappa shape index (κ3) is 6.89. The summed E-state index contributed by atoms with van der Waals surface area (Å²) < 4.78 is 2.51. The second-order valence-corrected chi connectivity index (χ2v) is 20.1. The van der Waals surface area contributed by atoms with Gasteiger partial charge in [0.25, 0.3) is 0 Å². The van der Waals surface area contributed by atoms with Crippen LogP contribution in [-0.4, -0.2) is 4.57 Å². The van der Waals surface area contributed by atoms with Crippen molar-refractivity contribution in [3.63, 3.8) is 0 Å². The number of fused-ring (bicyclic) bond motifs is 8. The van der Waals surface area contributed by atoms with Gasteiger partial charge in [0.2, 0.25) is 0 Å². The van der Waals surface area contributed by atoms with E-state index >= 15 is 0 Å². The lowest BCUT2D eigenvalue weighted by Crippen LogP contribution is -1.97. The zero-order valence-corrected chi connectivity index (χ0v) is 41.6. The average Bonchev–Trinajstić information content (AvgIpc) is 3.90. The molecule has 0 bridgehead atoms. The summed E-state index contributed by atoms with van der Waals surface area (Å²) >= 11 is 0.